The number of nitrogens with one attached hydrogen (secondary N) is 1. The molecule has 2 heterocycles. The van der Waals surface area contributed by atoms with Crippen LogP contribution in [0.25, 0.3) is 0 Å². The molecule has 1 aliphatic heterocycles. The van der Waals surface area contributed by atoms with Gasteiger partial charge in [0.1, 0.15) is 5.02 Å². The van der Waals surface area contributed by atoms with E-state index in [0.717, 1.165) is 39.0 Å². The Morgan fingerprint density at radius 3 is 2.48 bits per heavy atom. The van der Waals surface area contributed by atoms with E-state index in [0.29, 0.717) is 11.6 Å². The molecule has 5 nitrogen and oxygen atoms in total. The topological polar surface area (TPSA) is 50.2 Å². The normalized spacial score (nSPS) is 16.4. The molecule has 1 aliphatic rings. The summed E-state index contributed by atoms with van der Waals surface area (Å²) in [6.07, 6.45) is 3.95. The van der Waals surface area contributed by atoms with Gasteiger partial charge in [0.05, 0.1) is 17.4 Å². The highest BCUT2D eigenvalue weighted by Crippen LogP contribution is 2.22. The molecule has 1 aromatic carbocycles. The van der Waals surface area contributed by atoms with Crippen molar-refractivity contribution in [2.75, 3.05) is 25.0 Å². The van der Waals surface area contributed by atoms with Crippen LogP contribution in [0.4, 0.5) is 5.69 Å². The molecule has 1 N–H and O–H groups in total. The lowest BCUT2D eigenvalue weighted by atomic mass is 9.96. The Kier molecular flexibility index (Phi) is 6.22. The number of hydrogen-bond acceptors (Lipinski definition) is 4. The number of nitrogens with zero attached hydrogens (tertiary/aromatic N) is 3. The van der Waals surface area contributed by atoms with Crippen molar-refractivity contribution in [2.45, 2.75) is 45.7 Å². The second-order valence-electron chi connectivity index (χ2n) is 8.35. The molecule has 0 aliphatic carbocycles. The zero-order valence-corrected chi connectivity index (χ0v) is 17.2. The number of benzene rings is 1. The second kappa shape index (κ2) is 8.44. The van der Waals surface area contributed by atoms with Crippen LogP contribution in [0.3, 0.4) is 0 Å². The first-order chi connectivity index (χ1) is 12.8. The van der Waals surface area contributed by atoms with Gasteiger partial charge < -0.3 is 5.32 Å². The minimum absolute atomic E-state index is 0.224. The Balaban J connectivity index is 1.52. The van der Waals surface area contributed by atoms with Gasteiger partial charge in [-0.3, -0.25) is 9.69 Å². The fraction of sp³-hybridized carbons (Fsp3) is 0.524. The Hall–Kier alpha value is -1.85. The van der Waals surface area contributed by atoms with Gasteiger partial charge in [0.15, 0.2) is 0 Å². The van der Waals surface area contributed by atoms with E-state index in [4.69, 9.17) is 11.6 Å². The Morgan fingerprint density at radius 2 is 1.85 bits per heavy atom. The number of aromatic nitrogens is 2. The lowest BCUT2D eigenvalue weighted by Gasteiger charge is -2.32. The maximum atomic E-state index is 12.4. The molecule has 3 rings (SSSR count). The summed E-state index contributed by atoms with van der Waals surface area (Å²) in [6, 6.07) is 10.6. The number of piperidine rings is 1. The molecule has 1 aromatic heterocycles. The molecule has 0 spiro atoms. The Bertz CT molecular complexity index is 805. The SMILES string of the molecule is CC(C)(C)n1ncc(NCC2CCN(Cc3ccccc3)CC2)c(Cl)c1=O. The van der Waals surface area contributed by atoms with Gasteiger partial charge in [-0.25, -0.2) is 4.68 Å². The number of halogens is 1. The molecule has 0 unspecified atom stereocenters. The van der Waals surface area contributed by atoms with Crippen molar-refractivity contribution in [1.29, 1.82) is 0 Å². The van der Waals surface area contributed by atoms with Crippen molar-refractivity contribution in [1.82, 2.24) is 14.7 Å². The van der Waals surface area contributed by atoms with Crippen molar-refractivity contribution >= 4 is 17.3 Å². The standard InChI is InChI=1S/C21H29ClN4O/c1-21(2,3)26-20(27)19(22)18(14-24-26)23-13-16-9-11-25(12-10-16)15-17-7-5-4-6-8-17/h4-8,14,16,23H,9-13,15H2,1-3H3. The van der Waals surface area contributed by atoms with Crippen molar-refractivity contribution in [3.63, 3.8) is 0 Å². The quantitative estimate of drug-likeness (QED) is 0.841. The molecular formula is C21H29ClN4O. The highest BCUT2D eigenvalue weighted by molar-refractivity contribution is 6.32. The summed E-state index contributed by atoms with van der Waals surface area (Å²) in [7, 11) is 0. The fourth-order valence-corrected chi connectivity index (χ4v) is 3.67. The van der Waals surface area contributed by atoms with Crippen LogP contribution >= 0.6 is 11.6 Å². The van der Waals surface area contributed by atoms with Gasteiger partial charge in [0, 0.05) is 13.1 Å². The fourth-order valence-electron chi connectivity index (χ4n) is 3.48. The van der Waals surface area contributed by atoms with Gasteiger partial charge in [-0.15, -0.1) is 0 Å². The average Bonchev–Trinajstić information content (AvgIpc) is 2.64. The third-order valence-corrected chi connectivity index (χ3v) is 5.46. The van der Waals surface area contributed by atoms with Crippen LogP contribution in [0.2, 0.25) is 5.02 Å². The highest BCUT2D eigenvalue weighted by atomic mass is 35.5. The summed E-state index contributed by atoms with van der Waals surface area (Å²) in [6.45, 7) is 9.84. The Labute approximate surface area is 166 Å². The first kappa shape index (κ1) is 19.9. The molecule has 0 saturated carbocycles. The van der Waals surface area contributed by atoms with Gasteiger partial charge in [-0.1, -0.05) is 41.9 Å². The van der Waals surface area contributed by atoms with E-state index in [2.05, 4.69) is 45.6 Å². The summed E-state index contributed by atoms with van der Waals surface area (Å²) in [5.74, 6) is 0.582. The number of rotatable bonds is 5. The molecular weight excluding hydrogens is 360 g/mol. The van der Waals surface area contributed by atoms with Crippen LogP contribution in [-0.2, 0) is 12.1 Å². The summed E-state index contributed by atoms with van der Waals surface area (Å²) < 4.78 is 1.43. The van der Waals surface area contributed by atoms with Crippen LogP contribution in [0.15, 0.2) is 41.3 Å². The third kappa shape index (κ3) is 5.11. The van der Waals surface area contributed by atoms with Crippen molar-refractivity contribution in [3.8, 4) is 0 Å². The Morgan fingerprint density at radius 1 is 1.19 bits per heavy atom. The van der Waals surface area contributed by atoms with Crippen molar-refractivity contribution in [3.05, 3.63) is 57.5 Å². The molecule has 1 fully saturated rings. The third-order valence-electron chi connectivity index (χ3n) is 5.09. The van der Waals surface area contributed by atoms with Crippen molar-refractivity contribution < 1.29 is 0 Å². The number of likely N-dealkylation sites (tertiary alicyclic amines) is 1. The summed E-state index contributed by atoms with van der Waals surface area (Å²) in [5, 5.41) is 7.85. The van der Waals surface area contributed by atoms with Gasteiger partial charge in [-0.2, -0.15) is 5.10 Å². The minimum atomic E-state index is -0.384. The van der Waals surface area contributed by atoms with E-state index in [9.17, 15) is 4.79 Å². The summed E-state index contributed by atoms with van der Waals surface area (Å²) in [5.41, 5.74) is 1.37. The van der Waals surface area contributed by atoms with Gasteiger partial charge in [-0.05, 0) is 58.2 Å². The van der Waals surface area contributed by atoms with E-state index in [1.807, 2.05) is 20.8 Å². The van der Waals surface area contributed by atoms with Crippen LogP contribution in [0, 0.1) is 5.92 Å². The van der Waals surface area contributed by atoms with Gasteiger partial charge >= 0.3 is 0 Å². The van der Waals surface area contributed by atoms with E-state index in [-0.39, 0.29) is 16.1 Å². The van der Waals surface area contributed by atoms with Gasteiger partial charge in [0.25, 0.3) is 5.56 Å². The van der Waals surface area contributed by atoms with Crippen LogP contribution in [-0.4, -0.2) is 34.3 Å². The first-order valence-electron chi connectivity index (χ1n) is 9.63. The van der Waals surface area contributed by atoms with Crippen LogP contribution < -0.4 is 10.9 Å². The smallest absolute Gasteiger partial charge is 0.288 e. The van der Waals surface area contributed by atoms with E-state index in [1.54, 1.807) is 6.20 Å². The predicted octanol–water partition coefficient (Wildman–Crippen LogP) is 3.98. The minimum Gasteiger partial charge on any atom is -0.382 e. The second-order valence-corrected chi connectivity index (χ2v) is 8.72. The van der Waals surface area contributed by atoms with E-state index < -0.39 is 0 Å². The zero-order chi connectivity index (χ0) is 19.4. The number of anilines is 1. The van der Waals surface area contributed by atoms with E-state index in [1.165, 1.54) is 10.2 Å². The molecule has 1 saturated heterocycles. The lowest BCUT2D eigenvalue weighted by Crippen LogP contribution is -2.37. The van der Waals surface area contributed by atoms with Crippen molar-refractivity contribution in [2.24, 2.45) is 5.92 Å². The number of hydrogen-bond donors (Lipinski definition) is 1. The summed E-state index contributed by atoms with van der Waals surface area (Å²) >= 11 is 6.29. The monoisotopic (exact) mass is 388 g/mol. The maximum absolute atomic E-state index is 12.4. The summed E-state index contributed by atoms with van der Waals surface area (Å²) in [4.78, 5) is 14.9. The van der Waals surface area contributed by atoms with Gasteiger partial charge in [0.2, 0.25) is 0 Å². The van der Waals surface area contributed by atoms with Crippen LogP contribution in [0.1, 0.15) is 39.2 Å². The molecule has 6 heteroatoms. The first-order valence-corrected chi connectivity index (χ1v) is 10.0. The average molecular weight is 389 g/mol. The van der Waals surface area contributed by atoms with E-state index >= 15 is 0 Å². The zero-order valence-electron chi connectivity index (χ0n) is 16.4. The molecule has 0 radical (unpaired) electrons. The molecule has 2 aromatic rings. The molecule has 0 atom stereocenters. The van der Waals surface area contributed by atoms with Crippen LogP contribution in [0.5, 0.6) is 0 Å². The molecule has 27 heavy (non-hydrogen) atoms. The molecule has 0 bridgehead atoms. The molecule has 146 valence electrons. The maximum Gasteiger partial charge on any atom is 0.288 e. The lowest BCUT2D eigenvalue weighted by molar-refractivity contribution is 0.182. The molecule has 0 amide bonds. The predicted molar refractivity (Wildman–Crippen MR) is 111 cm³/mol. The largest absolute Gasteiger partial charge is 0.382 e. The highest BCUT2D eigenvalue weighted by Gasteiger charge is 2.21.